The zero-order valence-corrected chi connectivity index (χ0v) is 26.7. The number of benzene rings is 2. The van der Waals surface area contributed by atoms with Crippen molar-refractivity contribution in [3.05, 3.63) is 88.9 Å². The van der Waals surface area contributed by atoms with Gasteiger partial charge in [0.05, 0.1) is 34.8 Å². The smallest absolute Gasteiger partial charge is 0.248 e. The third-order valence-corrected chi connectivity index (χ3v) is 11.8. The van der Waals surface area contributed by atoms with Crippen LogP contribution in [0.2, 0.25) is 25.7 Å². The van der Waals surface area contributed by atoms with Crippen molar-refractivity contribution in [2.75, 3.05) is 13.4 Å². The summed E-state index contributed by atoms with van der Waals surface area (Å²) in [5, 5.41) is 10.2. The molecule has 1 unspecified atom stereocenters. The highest BCUT2D eigenvalue weighted by molar-refractivity contribution is 7.91. The highest BCUT2D eigenvalue weighted by atomic mass is 32.2. The maximum Gasteiger partial charge on any atom is 0.248 e. The second-order valence-electron chi connectivity index (χ2n) is 12.4. The standard InChI is InChI=1S/C32H38N4O4SSi/c1-23-17-25(21-40-22-39-15-16-42(3,4)5)27(19-30-34-28-10-9-24(20-33)18-29(28)35-30)26-11-14-36(31(23)26)41(37,38)32(2)12-7-6-8-13-32/h6-12,14,17-18H,13,15-16,19,21-22H2,1-5H3,(H,34,35). The lowest BCUT2D eigenvalue weighted by molar-refractivity contribution is -0.0574. The van der Waals surface area contributed by atoms with Gasteiger partial charge in [-0.25, -0.2) is 17.4 Å². The number of nitrogens with one attached hydrogen (secondary N) is 1. The summed E-state index contributed by atoms with van der Waals surface area (Å²) in [6, 6.07) is 12.5. The van der Waals surface area contributed by atoms with E-state index in [-0.39, 0.29) is 6.79 Å². The number of allylic oxidation sites excluding steroid dienone is 3. The lowest BCUT2D eigenvalue weighted by Crippen LogP contribution is -2.37. The maximum absolute atomic E-state index is 14.0. The van der Waals surface area contributed by atoms with Gasteiger partial charge in [0.25, 0.3) is 0 Å². The van der Waals surface area contributed by atoms with Crippen molar-refractivity contribution in [1.29, 1.82) is 5.26 Å². The second-order valence-corrected chi connectivity index (χ2v) is 20.3. The number of hydrogen-bond acceptors (Lipinski definition) is 6. The number of hydrogen-bond donors (Lipinski definition) is 1. The molecule has 1 aliphatic rings. The van der Waals surface area contributed by atoms with Gasteiger partial charge in [-0.15, -0.1) is 0 Å². The molecule has 0 amide bonds. The van der Waals surface area contributed by atoms with Gasteiger partial charge < -0.3 is 14.5 Å². The topological polar surface area (TPSA) is 110 Å². The fourth-order valence-corrected chi connectivity index (χ4v) is 7.79. The molecule has 2 heterocycles. The maximum atomic E-state index is 14.0. The summed E-state index contributed by atoms with van der Waals surface area (Å²) in [6.07, 6.45) is 9.83. The van der Waals surface area contributed by atoms with Crippen LogP contribution in [0, 0.1) is 18.3 Å². The predicted octanol–water partition coefficient (Wildman–Crippen LogP) is 6.57. The van der Waals surface area contributed by atoms with Crippen molar-refractivity contribution >= 4 is 40.0 Å². The molecule has 1 N–H and O–H groups in total. The van der Waals surface area contributed by atoms with Crippen LogP contribution >= 0.6 is 0 Å². The number of aromatic nitrogens is 3. The molecule has 0 aliphatic heterocycles. The molecule has 0 bridgehead atoms. The molecular weight excluding hydrogens is 565 g/mol. The Morgan fingerprint density at radius 2 is 1.98 bits per heavy atom. The van der Waals surface area contributed by atoms with E-state index in [1.165, 1.54) is 3.97 Å². The lowest BCUT2D eigenvalue weighted by atomic mass is 9.97. The first kappa shape index (κ1) is 30.0. The lowest BCUT2D eigenvalue weighted by Gasteiger charge is -2.27. The third-order valence-electron chi connectivity index (χ3n) is 7.82. The van der Waals surface area contributed by atoms with E-state index in [4.69, 9.17) is 14.5 Å². The molecule has 5 rings (SSSR count). The fraction of sp³-hybridized carbons (Fsp3) is 0.375. The van der Waals surface area contributed by atoms with Gasteiger partial charge in [0.15, 0.2) is 0 Å². The molecule has 0 spiro atoms. The number of nitriles is 1. The minimum atomic E-state index is -3.76. The molecular formula is C32H38N4O4SSi. The Bertz CT molecular complexity index is 1840. The van der Waals surface area contributed by atoms with Gasteiger partial charge in [0.2, 0.25) is 10.0 Å². The average Bonchev–Trinajstić information content (AvgIpc) is 3.57. The summed E-state index contributed by atoms with van der Waals surface area (Å²) < 4.78 is 40.1. The highest BCUT2D eigenvalue weighted by Gasteiger charge is 2.39. The number of H-pyrrole nitrogens is 1. The monoisotopic (exact) mass is 602 g/mol. The molecule has 0 radical (unpaired) electrons. The quantitative estimate of drug-likeness (QED) is 0.118. The molecule has 2 aromatic carbocycles. The Morgan fingerprint density at radius 1 is 1.17 bits per heavy atom. The van der Waals surface area contributed by atoms with Crippen molar-refractivity contribution in [3.8, 4) is 6.07 Å². The molecule has 0 fully saturated rings. The van der Waals surface area contributed by atoms with E-state index in [9.17, 15) is 13.7 Å². The Hall–Kier alpha value is -3.49. The van der Waals surface area contributed by atoms with Crippen LogP contribution < -0.4 is 0 Å². The Balaban J connectivity index is 1.53. The summed E-state index contributed by atoms with van der Waals surface area (Å²) in [5.41, 5.74) is 5.51. The van der Waals surface area contributed by atoms with Gasteiger partial charge in [-0.1, -0.05) is 50.0 Å². The molecule has 42 heavy (non-hydrogen) atoms. The second kappa shape index (κ2) is 11.6. The van der Waals surface area contributed by atoms with Gasteiger partial charge in [-0.2, -0.15) is 5.26 Å². The van der Waals surface area contributed by atoms with Gasteiger partial charge in [0.1, 0.15) is 17.4 Å². The SMILES string of the molecule is Cc1cc(COCOCC[Si](C)(C)C)c(Cc2nc3ccc(C#N)cc3[nH]2)c2ccn(S(=O)(=O)C3(C)C=CC=CC3)c12. The van der Waals surface area contributed by atoms with Crippen LogP contribution in [0.15, 0.2) is 60.8 Å². The average molecular weight is 603 g/mol. The normalized spacial score (nSPS) is 17.3. The van der Waals surface area contributed by atoms with Crippen molar-refractivity contribution < 1.29 is 17.9 Å². The van der Waals surface area contributed by atoms with E-state index in [0.717, 1.165) is 45.0 Å². The molecule has 0 saturated carbocycles. The Morgan fingerprint density at radius 3 is 2.69 bits per heavy atom. The van der Waals surface area contributed by atoms with Crippen LogP contribution in [0.4, 0.5) is 0 Å². The summed E-state index contributed by atoms with van der Waals surface area (Å²) in [7, 11) is -4.95. The van der Waals surface area contributed by atoms with Gasteiger partial charge in [-0.05, 0) is 67.3 Å². The summed E-state index contributed by atoms with van der Waals surface area (Å²) in [4.78, 5) is 8.12. The van der Waals surface area contributed by atoms with Crippen molar-refractivity contribution in [1.82, 2.24) is 13.9 Å². The molecule has 8 nitrogen and oxygen atoms in total. The molecule has 10 heteroatoms. The predicted molar refractivity (Wildman–Crippen MR) is 170 cm³/mol. The van der Waals surface area contributed by atoms with Gasteiger partial charge in [0, 0.05) is 32.7 Å². The summed E-state index contributed by atoms with van der Waals surface area (Å²) >= 11 is 0. The fourth-order valence-electron chi connectivity index (χ4n) is 5.33. The zero-order valence-electron chi connectivity index (χ0n) is 24.9. The van der Waals surface area contributed by atoms with E-state index in [0.29, 0.717) is 37.1 Å². The Labute approximate surface area is 248 Å². The number of aromatic amines is 1. The molecule has 0 saturated heterocycles. The molecule has 1 aliphatic carbocycles. The van der Waals surface area contributed by atoms with E-state index < -0.39 is 22.8 Å². The minimum Gasteiger partial charge on any atom is -0.356 e. The number of ether oxygens (including phenoxy) is 2. The minimum absolute atomic E-state index is 0.191. The van der Waals surface area contributed by atoms with E-state index >= 15 is 0 Å². The van der Waals surface area contributed by atoms with Crippen molar-refractivity contribution in [2.45, 2.75) is 63.7 Å². The molecule has 4 aromatic rings. The third kappa shape index (κ3) is 6.01. The Kier molecular flexibility index (Phi) is 8.32. The van der Waals surface area contributed by atoms with Crippen LogP contribution in [0.5, 0.6) is 0 Å². The number of nitrogens with zero attached hydrogens (tertiary/aromatic N) is 3. The van der Waals surface area contributed by atoms with Crippen LogP contribution in [0.1, 0.15) is 41.4 Å². The van der Waals surface area contributed by atoms with E-state index in [2.05, 4.69) is 30.7 Å². The number of imidazole rings is 1. The highest BCUT2D eigenvalue weighted by Crippen LogP contribution is 2.35. The molecule has 1 atom stereocenters. The summed E-state index contributed by atoms with van der Waals surface area (Å²) in [6.45, 7) is 11.8. The first-order valence-electron chi connectivity index (χ1n) is 14.2. The van der Waals surface area contributed by atoms with Crippen molar-refractivity contribution in [2.24, 2.45) is 0 Å². The molecule has 2 aromatic heterocycles. The number of fused-ring (bicyclic) bond motifs is 2. The van der Waals surface area contributed by atoms with Crippen LogP contribution in [0.25, 0.3) is 21.9 Å². The first-order valence-corrected chi connectivity index (χ1v) is 19.3. The largest absolute Gasteiger partial charge is 0.356 e. The van der Waals surface area contributed by atoms with Crippen LogP contribution in [-0.4, -0.2) is 48.6 Å². The number of rotatable bonds is 11. The molecule has 220 valence electrons. The summed E-state index contributed by atoms with van der Waals surface area (Å²) in [5.74, 6) is 0.723. The van der Waals surface area contributed by atoms with Crippen LogP contribution in [0.3, 0.4) is 0 Å². The van der Waals surface area contributed by atoms with E-state index in [1.54, 1.807) is 37.4 Å². The van der Waals surface area contributed by atoms with Crippen molar-refractivity contribution in [3.63, 3.8) is 0 Å². The van der Waals surface area contributed by atoms with E-state index in [1.807, 2.05) is 37.3 Å². The van der Waals surface area contributed by atoms with Crippen LogP contribution in [-0.2, 0) is 32.5 Å². The van der Waals surface area contributed by atoms with Gasteiger partial charge >= 0.3 is 0 Å². The number of aryl methyl sites for hydroxylation is 1. The van der Waals surface area contributed by atoms with Gasteiger partial charge in [-0.3, -0.25) is 0 Å². The first-order chi connectivity index (χ1) is 19.9. The zero-order chi connectivity index (χ0) is 30.1.